The highest BCUT2D eigenvalue weighted by Crippen LogP contribution is 2.24. The molecular weight excluding hydrogens is 272 g/mol. The maximum atomic E-state index is 11.5. The SMILES string of the molecule is Cc1cccc(/C=C(\C(=O)O)c2ccc(C)c(Cl)c2)c1. The Morgan fingerprint density at radius 2 is 1.90 bits per heavy atom. The third-order valence-electron chi connectivity index (χ3n) is 3.07. The topological polar surface area (TPSA) is 37.3 Å². The fourth-order valence-electron chi connectivity index (χ4n) is 1.96. The second-order valence-corrected chi connectivity index (χ2v) is 5.15. The van der Waals surface area contributed by atoms with Crippen LogP contribution in [-0.2, 0) is 4.79 Å². The van der Waals surface area contributed by atoms with E-state index in [2.05, 4.69) is 0 Å². The summed E-state index contributed by atoms with van der Waals surface area (Å²) in [4.78, 5) is 11.5. The molecule has 20 heavy (non-hydrogen) atoms. The van der Waals surface area contributed by atoms with Crippen molar-refractivity contribution in [3.63, 3.8) is 0 Å². The van der Waals surface area contributed by atoms with E-state index in [1.54, 1.807) is 18.2 Å². The second kappa shape index (κ2) is 5.93. The largest absolute Gasteiger partial charge is 0.478 e. The number of carboxylic acid groups (broad SMARTS) is 1. The van der Waals surface area contributed by atoms with Crippen LogP contribution < -0.4 is 0 Å². The van der Waals surface area contributed by atoms with E-state index in [1.807, 2.05) is 44.2 Å². The molecule has 3 heteroatoms. The predicted molar refractivity (Wildman–Crippen MR) is 82.9 cm³/mol. The Balaban J connectivity index is 2.51. The van der Waals surface area contributed by atoms with E-state index >= 15 is 0 Å². The molecule has 0 saturated carbocycles. The van der Waals surface area contributed by atoms with Gasteiger partial charge >= 0.3 is 5.97 Å². The molecule has 0 saturated heterocycles. The molecule has 0 atom stereocenters. The van der Waals surface area contributed by atoms with Crippen molar-refractivity contribution in [2.24, 2.45) is 0 Å². The average Bonchev–Trinajstić information content (AvgIpc) is 2.39. The summed E-state index contributed by atoms with van der Waals surface area (Å²) in [6.45, 7) is 3.86. The summed E-state index contributed by atoms with van der Waals surface area (Å²) in [5.41, 5.74) is 3.72. The Morgan fingerprint density at radius 3 is 2.50 bits per heavy atom. The number of halogens is 1. The van der Waals surface area contributed by atoms with Crippen molar-refractivity contribution in [3.05, 3.63) is 69.7 Å². The molecule has 1 N–H and O–H groups in total. The van der Waals surface area contributed by atoms with Gasteiger partial charge in [-0.3, -0.25) is 0 Å². The van der Waals surface area contributed by atoms with Crippen molar-refractivity contribution in [1.82, 2.24) is 0 Å². The molecule has 2 rings (SSSR count). The highest BCUT2D eigenvalue weighted by atomic mass is 35.5. The number of aliphatic carboxylic acids is 1. The molecule has 2 aromatic rings. The van der Waals surface area contributed by atoms with Crippen LogP contribution in [0.1, 0.15) is 22.3 Å². The molecular formula is C17H15ClO2. The zero-order valence-electron chi connectivity index (χ0n) is 11.4. The molecule has 0 spiro atoms. The number of rotatable bonds is 3. The first-order chi connectivity index (χ1) is 9.47. The lowest BCUT2D eigenvalue weighted by atomic mass is 10.0. The Morgan fingerprint density at radius 1 is 1.15 bits per heavy atom. The lowest BCUT2D eigenvalue weighted by molar-refractivity contribution is -0.130. The third-order valence-corrected chi connectivity index (χ3v) is 3.47. The second-order valence-electron chi connectivity index (χ2n) is 4.74. The lowest BCUT2D eigenvalue weighted by Crippen LogP contribution is -2.00. The fraction of sp³-hybridized carbons (Fsp3) is 0.118. The van der Waals surface area contributed by atoms with Crippen molar-refractivity contribution in [2.45, 2.75) is 13.8 Å². The van der Waals surface area contributed by atoms with Gasteiger partial charge in [0.2, 0.25) is 0 Å². The van der Waals surface area contributed by atoms with Crippen LogP contribution in [0.5, 0.6) is 0 Å². The van der Waals surface area contributed by atoms with Gasteiger partial charge in [-0.15, -0.1) is 0 Å². The smallest absolute Gasteiger partial charge is 0.336 e. The molecule has 0 bridgehead atoms. The minimum atomic E-state index is -0.966. The van der Waals surface area contributed by atoms with Crippen molar-refractivity contribution in [1.29, 1.82) is 0 Å². The van der Waals surface area contributed by atoms with E-state index in [0.717, 1.165) is 16.7 Å². The van der Waals surface area contributed by atoms with Gasteiger partial charge in [0.05, 0.1) is 5.57 Å². The van der Waals surface area contributed by atoms with Crippen LogP contribution in [0.3, 0.4) is 0 Å². The summed E-state index contributed by atoms with van der Waals surface area (Å²) < 4.78 is 0. The zero-order valence-corrected chi connectivity index (χ0v) is 12.1. The molecule has 0 unspecified atom stereocenters. The minimum absolute atomic E-state index is 0.234. The number of hydrogen-bond acceptors (Lipinski definition) is 1. The Labute approximate surface area is 123 Å². The first-order valence-electron chi connectivity index (χ1n) is 6.25. The van der Waals surface area contributed by atoms with E-state index in [9.17, 15) is 9.90 Å². The molecule has 0 aliphatic rings. The van der Waals surface area contributed by atoms with Gasteiger partial charge in [0.1, 0.15) is 0 Å². The van der Waals surface area contributed by atoms with Crippen LogP contribution in [0.15, 0.2) is 42.5 Å². The van der Waals surface area contributed by atoms with Crippen LogP contribution in [0.25, 0.3) is 11.6 Å². The number of aryl methyl sites for hydroxylation is 2. The molecule has 0 aromatic heterocycles. The fourth-order valence-corrected chi connectivity index (χ4v) is 2.14. The van der Waals surface area contributed by atoms with Crippen LogP contribution in [0, 0.1) is 13.8 Å². The van der Waals surface area contributed by atoms with Crippen LogP contribution in [-0.4, -0.2) is 11.1 Å². The summed E-state index contributed by atoms with van der Waals surface area (Å²) >= 11 is 6.07. The van der Waals surface area contributed by atoms with Crippen molar-refractivity contribution >= 4 is 29.2 Å². The molecule has 0 heterocycles. The van der Waals surface area contributed by atoms with Crippen molar-refractivity contribution in [2.75, 3.05) is 0 Å². The van der Waals surface area contributed by atoms with Gasteiger partial charge in [0.15, 0.2) is 0 Å². The standard InChI is InChI=1S/C17H15ClO2/c1-11-4-3-5-13(8-11)9-15(17(19)20)14-7-6-12(2)16(18)10-14/h3-10H,1-2H3,(H,19,20)/b15-9-. The van der Waals surface area contributed by atoms with Gasteiger partial charge in [0, 0.05) is 5.02 Å². The monoisotopic (exact) mass is 286 g/mol. The first kappa shape index (κ1) is 14.4. The molecule has 102 valence electrons. The Kier molecular flexibility index (Phi) is 4.26. The van der Waals surface area contributed by atoms with Gasteiger partial charge in [-0.25, -0.2) is 4.79 Å². The van der Waals surface area contributed by atoms with Gasteiger partial charge in [-0.1, -0.05) is 53.6 Å². The summed E-state index contributed by atoms with van der Waals surface area (Å²) in [6, 6.07) is 13.0. The highest BCUT2D eigenvalue weighted by molar-refractivity contribution is 6.32. The lowest BCUT2D eigenvalue weighted by Gasteiger charge is -2.06. The maximum Gasteiger partial charge on any atom is 0.336 e. The molecule has 2 aromatic carbocycles. The third kappa shape index (κ3) is 3.28. The quantitative estimate of drug-likeness (QED) is 0.662. The molecule has 2 nitrogen and oxygen atoms in total. The summed E-state index contributed by atoms with van der Waals surface area (Å²) in [6.07, 6.45) is 1.66. The summed E-state index contributed by atoms with van der Waals surface area (Å²) in [5, 5.41) is 9.97. The Hall–Kier alpha value is -2.06. The molecule has 0 aliphatic heterocycles. The first-order valence-corrected chi connectivity index (χ1v) is 6.63. The van der Waals surface area contributed by atoms with Crippen LogP contribution >= 0.6 is 11.6 Å². The minimum Gasteiger partial charge on any atom is -0.478 e. The van der Waals surface area contributed by atoms with Crippen LogP contribution in [0.4, 0.5) is 0 Å². The normalized spacial score (nSPS) is 11.4. The average molecular weight is 287 g/mol. The van der Waals surface area contributed by atoms with E-state index in [1.165, 1.54) is 0 Å². The number of benzene rings is 2. The summed E-state index contributed by atoms with van der Waals surface area (Å²) in [5.74, 6) is -0.966. The summed E-state index contributed by atoms with van der Waals surface area (Å²) in [7, 11) is 0. The molecule has 0 fully saturated rings. The highest BCUT2D eigenvalue weighted by Gasteiger charge is 2.11. The molecule has 0 radical (unpaired) electrons. The van der Waals surface area contributed by atoms with E-state index in [0.29, 0.717) is 10.6 Å². The van der Waals surface area contributed by atoms with E-state index in [-0.39, 0.29) is 5.57 Å². The van der Waals surface area contributed by atoms with Gasteiger partial charge in [-0.05, 0) is 42.7 Å². The van der Waals surface area contributed by atoms with Crippen molar-refractivity contribution < 1.29 is 9.90 Å². The van der Waals surface area contributed by atoms with Gasteiger partial charge in [-0.2, -0.15) is 0 Å². The predicted octanol–water partition coefficient (Wildman–Crippen LogP) is 4.58. The van der Waals surface area contributed by atoms with Gasteiger partial charge < -0.3 is 5.11 Å². The van der Waals surface area contributed by atoms with Crippen LogP contribution in [0.2, 0.25) is 5.02 Å². The van der Waals surface area contributed by atoms with E-state index in [4.69, 9.17) is 11.6 Å². The van der Waals surface area contributed by atoms with E-state index < -0.39 is 5.97 Å². The van der Waals surface area contributed by atoms with Crippen molar-refractivity contribution in [3.8, 4) is 0 Å². The number of carboxylic acids is 1. The zero-order chi connectivity index (χ0) is 14.7. The number of hydrogen-bond donors (Lipinski definition) is 1. The molecule has 0 aliphatic carbocycles. The number of carbonyl (C=O) groups is 1. The maximum absolute atomic E-state index is 11.5. The molecule has 0 amide bonds. The van der Waals surface area contributed by atoms with Gasteiger partial charge in [0.25, 0.3) is 0 Å². The Bertz CT molecular complexity index is 687.